The number of halogens is 1. The number of aromatic nitrogens is 2. The van der Waals surface area contributed by atoms with Gasteiger partial charge in [-0.25, -0.2) is 14.6 Å². The van der Waals surface area contributed by atoms with E-state index in [2.05, 4.69) is 15.6 Å². The van der Waals surface area contributed by atoms with E-state index in [0.29, 0.717) is 23.8 Å². The summed E-state index contributed by atoms with van der Waals surface area (Å²) in [5, 5.41) is 6.40. The Balaban J connectivity index is 1.62. The lowest BCUT2D eigenvalue weighted by atomic mass is 10.1. The van der Waals surface area contributed by atoms with Crippen molar-refractivity contribution in [2.45, 2.75) is 12.6 Å². The Hall–Kier alpha value is -3.16. The lowest BCUT2D eigenvalue weighted by Gasteiger charge is -2.26. The molecule has 0 aliphatic heterocycles. The second-order valence-electron chi connectivity index (χ2n) is 7.07. The minimum absolute atomic E-state index is 0.0618. The normalized spacial score (nSPS) is 11.9. The Morgan fingerprint density at radius 1 is 1.17 bits per heavy atom. The molecule has 0 fully saturated rings. The summed E-state index contributed by atoms with van der Waals surface area (Å²) >= 11 is 6.32. The van der Waals surface area contributed by atoms with Gasteiger partial charge in [-0.05, 0) is 49.5 Å². The van der Waals surface area contributed by atoms with Gasteiger partial charge in [0, 0.05) is 29.6 Å². The fourth-order valence-electron chi connectivity index (χ4n) is 3.13. The van der Waals surface area contributed by atoms with Crippen LogP contribution in [0.15, 0.2) is 71.8 Å². The molecule has 2 amide bonds. The number of anilines is 1. The Morgan fingerprint density at radius 3 is 2.70 bits per heavy atom. The molecular formula is C22H24ClN5O2. The minimum Gasteiger partial charge on any atom is -0.336 e. The van der Waals surface area contributed by atoms with Crippen molar-refractivity contribution < 1.29 is 4.79 Å². The van der Waals surface area contributed by atoms with Gasteiger partial charge < -0.3 is 15.5 Å². The number of urea groups is 1. The maximum absolute atomic E-state index is 12.4. The number of hydrogen-bond donors (Lipinski definition) is 2. The standard InChI is InChI=1S/C22H24ClN5O2/c1-27(2)20(18-9-3-4-10-19(18)23)14-25-21(29)26-17-8-5-7-16(13-17)15-28-12-6-11-24-22(28)30/h3-13,20H,14-15H2,1-2H3,(H2,25,26,29)/t20-/m1/s1. The maximum Gasteiger partial charge on any atom is 0.347 e. The molecule has 0 bridgehead atoms. The van der Waals surface area contributed by atoms with Crippen LogP contribution in [0, 0.1) is 0 Å². The highest BCUT2D eigenvalue weighted by molar-refractivity contribution is 6.31. The second-order valence-corrected chi connectivity index (χ2v) is 7.47. The van der Waals surface area contributed by atoms with E-state index in [0.717, 1.165) is 11.1 Å². The van der Waals surface area contributed by atoms with E-state index in [9.17, 15) is 9.59 Å². The molecule has 2 N–H and O–H groups in total. The monoisotopic (exact) mass is 425 g/mol. The molecular weight excluding hydrogens is 402 g/mol. The molecule has 0 unspecified atom stereocenters. The second kappa shape index (κ2) is 10.0. The topological polar surface area (TPSA) is 79.3 Å². The fraction of sp³-hybridized carbons (Fsp3) is 0.227. The molecule has 8 heteroatoms. The van der Waals surface area contributed by atoms with E-state index in [1.54, 1.807) is 18.3 Å². The molecule has 156 valence electrons. The van der Waals surface area contributed by atoms with Gasteiger partial charge in [0.15, 0.2) is 0 Å². The highest BCUT2D eigenvalue weighted by atomic mass is 35.5. The van der Waals surface area contributed by atoms with E-state index in [4.69, 9.17) is 11.6 Å². The molecule has 2 aromatic carbocycles. The van der Waals surface area contributed by atoms with Crippen LogP contribution >= 0.6 is 11.6 Å². The van der Waals surface area contributed by atoms with E-state index in [1.165, 1.54) is 10.8 Å². The predicted molar refractivity (Wildman–Crippen MR) is 119 cm³/mol. The summed E-state index contributed by atoms with van der Waals surface area (Å²) in [6, 6.07) is 16.3. The number of carbonyl (C=O) groups is 1. The molecule has 30 heavy (non-hydrogen) atoms. The van der Waals surface area contributed by atoms with E-state index in [-0.39, 0.29) is 17.8 Å². The van der Waals surface area contributed by atoms with Crippen LogP contribution < -0.4 is 16.3 Å². The third-order valence-corrected chi connectivity index (χ3v) is 5.01. The average molecular weight is 426 g/mol. The van der Waals surface area contributed by atoms with Gasteiger partial charge in [-0.1, -0.05) is 41.9 Å². The first-order valence-corrected chi connectivity index (χ1v) is 9.88. The molecule has 0 saturated heterocycles. The number of rotatable bonds is 7. The van der Waals surface area contributed by atoms with Crippen molar-refractivity contribution in [2.24, 2.45) is 0 Å². The molecule has 3 rings (SSSR count). The van der Waals surface area contributed by atoms with Crippen molar-refractivity contribution in [1.82, 2.24) is 19.8 Å². The Kier molecular flexibility index (Phi) is 7.21. The van der Waals surface area contributed by atoms with Crippen molar-refractivity contribution in [3.8, 4) is 0 Å². The summed E-state index contributed by atoms with van der Waals surface area (Å²) in [6.07, 6.45) is 3.14. The minimum atomic E-state index is -0.317. The van der Waals surface area contributed by atoms with Gasteiger partial charge in [0.05, 0.1) is 12.6 Å². The first-order valence-electron chi connectivity index (χ1n) is 9.50. The zero-order chi connectivity index (χ0) is 21.5. The highest BCUT2D eigenvalue weighted by Gasteiger charge is 2.17. The van der Waals surface area contributed by atoms with Gasteiger partial charge in [-0.15, -0.1) is 0 Å². The van der Waals surface area contributed by atoms with E-state index in [1.807, 2.05) is 61.5 Å². The number of amides is 2. The first kappa shape index (κ1) is 21.5. The Bertz CT molecular complexity index is 1070. The number of nitrogens with one attached hydrogen (secondary N) is 2. The lowest BCUT2D eigenvalue weighted by molar-refractivity contribution is 0.243. The van der Waals surface area contributed by atoms with Crippen molar-refractivity contribution >= 4 is 23.3 Å². The zero-order valence-corrected chi connectivity index (χ0v) is 17.6. The molecule has 0 spiro atoms. The summed E-state index contributed by atoms with van der Waals surface area (Å²) in [4.78, 5) is 30.0. The SMILES string of the molecule is CN(C)[C@H](CNC(=O)Nc1cccc(Cn2cccnc2=O)c1)c1ccccc1Cl. The van der Waals surface area contributed by atoms with Crippen LogP contribution in [0.5, 0.6) is 0 Å². The van der Waals surface area contributed by atoms with Crippen LogP contribution in [-0.4, -0.2) is 41.1 Å². The van der Waals surface area contributed by atoms with Crippen molar-refractivity contribution in [2.75, 3.05) is 26.0 Å². The molecule has 1 heterocycles. The number of benzene rings is 2. The smallest absolute Gasteiger partial charge is 0.336 e. The molecule has 7 nitrogen and oxygen atoms in total. The number of carbonyl (C=O) groups excluding carboxylic acids is 1. The van der Waals surface area contributed by atoms with Gasteiger partial charge >= 0.3 is 11.7 Å². The summed E-state index contributed by atoms with van der Waals surface area (Å²) in [5.41, 5.74) is 2.16. The van der Waals surface area contributed by atoms with Gasteiger partial charge in [-0.3, -0.25) is 4.57 Å². The summed E-state index contributed by atoms with van der Waals surface area (Å²) < 4.78 is 1.50. The van der Waals surface area contributed by atoms with E-state index < -0.39 is 0 Å². The van der Waals surface area contributed by atoms with Crippen molar-refractivity contribution in [1.29, 1.82) is 0 Å². The van der Waals surface area contributed by atoms with Crippen LogP contribution in [0.25, 0.3) is 0 Å². The predicted octanol–water partition coefficient (Wildman–Crippen LogP) is 3.37. The summed E-state index contributed by atoms with van der Waals surface area (Å²) in [7, 11) is 3.88. The van der Waals surface area contributed by atoms with Crippen molar-refractivity contribution in [3.05, 3.63) is 93.6 Å². The molecule has 3 aromatic rings. The maximum atomic E-state index is 12.4. The van der Waals surface area contributed by atoms with Gasteiger partial charge in [0.1, 0.15) is 0 Å². The molecule has 1 aromatic heterocycles. The quantitative estimate of drug-likeness (QED) is 0.608. The summed E-state index contributed by atoms with van der Waals surface area (Å²) in [5.74, 6) is 0. The Morgan fingerprint density at radius 2 is 1.97 bits per heavy atom. The molecule has 0 aliphatic rings. The zero-order valence-electron chi connectivity index (χ0n) is 16.9. The van der Waals surface area contributed by atoms with Crippen LogP contribution in [0.2, 0.25) is 5.02 Å². The average Bonchev–Trinajstić information content (AvgIpc) is 2.71. The molecule has 0 radical (unpaired) electrons. The Labute approximate surface area is 180 Å². The van der Waals surface area contributed by atoms with Gasteiger partial charge in [-0.2, -0.15) is 0 Å². The third kappa shape index (κ3) is 5.68. The molecule has 0 saturated carbocycles. The molecule has 1 atom stereocenters. The van der Waals surface area contributed by atoms with E-state index >= 15 is 0 Å². The fourth-order valence-corrected chi connectivity index (χ4v) is 3.39. The lowest BCUT2D eigenvalue weighted by Crippen LogP contribution is -2.37. The molecule has 0 aliphatic carbocycles. The first-order chi connectivity index (χ1) is 14.4. The highest BCUT2D eigenvalue weighted by Crippen LogP contribution is 2.25. The third-order valence-electron chi connectivity index (χ3n) is 4.66. The van der Waals surface area contributed by atoms with Crippen LogP contribution in [-0.2, 0) is 6.54 Å². The van der Waals surface area contributed by atoms with Crippen LogP contribution in [0.1, 0.15) is 17.2 Å². The van der Waals surface area contributed by atoms with Gasteiger partial charge in [0.25, 0.3) is 0 Å². The van der Waals surface area contributed by atoms with Crippen LogP contribution in [0.3, 0.4) is 0 Å². The largest absolute Gasteiger partial charge is 0.347 e. The van der Waals surface area contributed by atoms with Crippen molar-refractivity contribution in [3.63, 3.8) is 0 Å². The van der Waals surface area contributed by atoms with Gasteiger partial charge in [0.2, 0.25) is 0 Å². The number of likely N-dealkylation sites (N-methyl/N-ethyl adjacent to an activating group) is 1. The number of hydrogen-bond acceptors (Lipinski definition) is 4. The number of nitrogens with zero attached hydrogens (tertiary/aromatic N) is 3. The summed E-state index contributed by atoms with van der Waals surface area (Å²) in [6.45, 7) is 0.770. The van der Waals surface area contributed by atoms with Crippen LogP contribution in [0.4, 0.5) is 10.5 Å².